The first-order valence-corrected chi connectivity index (χ1v) is 9.84. The molecule has 0 aromatic heterocycles. The van der Waals surface area contributed by atoms with Gasteiger partial charge in [-0.1, -0.05) is 11.6 Å². The quantitative estimate of drug-likeness (QED) is 0.848. The summed E-state index contributed by atoms with van der Waals surface area (Å²) in [6, 6.07) is 5.94. The number of amides is 2. The Kier molecular flexibility index (Phi) is 6.23. The van der Waals surface area contributed by atoms with Gasteiger partial charge in [-0.3, -0.25) is 9.59 Å². The van der Waals surface area contributed by atoms with E-state index in [0.29, 0.717) is 24.5 Å². The van der Waals surface area contributed by atoms with Crippen molar-refractivity contribution in [3.63, 3.8) is 0 Å². The van der Waals surface area contributed by atoms with Gasteiger partial charge in [0.15, 0.2) is 9.84 Å². The Morgan fingerprint density at radius 1 is 1.29 bits per heavy atom. The average molecular weight is 373 g/mol. The Labute approximate surface area is 147 Å². The molecule has 0 aliphatic carbocycles. The van der Waals surface area contributed by atoms with Gasteiger partial charge in [-0.25, -0.2) is 8.42 Å². The Balaban J connectivity index is 1.85. The molecule has 1 aromatic rings. The number of sulfone groups is 1. The second-order valence-electron chi connectivity index (χ2n) is 5.87. The molecular formula is C16H21ClN2O4S. The fourth-order valence-corrected chi connectivity index (χ4v) is 3.97. The Morgan fingerprint density at radius 2 is 1.96 bits per heavy atom. The molecule has 132 valence electrons. The largest absolute Gasteiger partial charge is 0.355 e. The van der Waals surface area contributed by atoms with Gasteiger partial charge in [0.05, 0.1) is 16.6 Å². The van der Waals surface area contributed by atoms with Crippen molar-refractivity contribution in [1.29, 1.82) is 0 Å². The van der Waals surface area contributed by atoms with E-state index in [4.69, 9.17) is 11.6 Å². The fraction of sp³-hybridized carbons (Fsp3) is 0.500. The van der Waals surface area contributed by atoms with Crippen LogP contribution < -0.4 is 5.32 Å². The highest BCUT2D eigenvalue weighted by Crippen LogP contribution is 2.17. The van der Waals surface area contributed by atoms with Crippen LogP contribution in [0.1, 0.15) is 19.8 Å². The third-order valence-electron chi connectivity index (χ3n) is 4.08. The van der Waals surface area contributed by atoms with Crippen LogP contribution in [0, 0.1) is 5.92 Å². The second kappa shape index (κ2) is 7.98. The topological polar surface area (TPSA) is 83.6 Å². The average Bonchev–Trinajstić information content (AvgIpc) is 2.55. The standard InChI is InChI=1S/C16H21ClN2O4S/c1-12(20)19-9-2-3-13(11-19)16(21)18-8-10-24(22,23)15-6-4-14(17)5-7-15/h4-7,13H,2-3,8-11H2,1H3,(H,18,21)/t13-/m0/s1. The van der Waals surface area contributed by atoms with Crippen molar-refractivity contribution in [2.75, 3.05) is 25.4 Å². The van der Waals surface area contributed by atoms with Crippen LogP contribution in [-0.4, -0.2) is 50.5 Å². The first kappa shape index (κ1) is 18.7. The van der Waals surface area contributed by atoms with E-state index in [1.807, 2.05) is 0 Å². The number of benzene rings is 1. The molecule has 6 nitrogen and oxygen atoms in total. The van der Waals surface area contributed by atoms with Crippen LogP contribution in [0.2, 0.25) is 5.02 Å². The van der Waals surface area contributed by atoms with Gasteiger partial charge < -0.3 is 10.2 Å². The van der Waals surface area contributed by atoms with Crippen LogP contribution in [0.5, 0.6) is 0 Å². The van der Waals surface area contributed by atoms with Gasteiger partial charge in [0.2, 0.25) is 11.8 Å². The fourth-order valence-electron chi connectivity index (χ4n) is 2.69. The summed E-state index contributed by atoms with van der Waals surface area (Å²) in [5, 5.41) is 3.13. The van der Waals surface area contributed by atoms with Crippen LogP contribution in [0.15, 0.2) is 29.2 Å². The molecule has 1 aromatic carbocycles. The Hall–Kier alpha value is -1.60. The smallest absolute Gasteiger partial charge is 0.224 e. The van der Waals surface area contributed by atoms with Crippen molar-refractivity contribution in [2.24, 2.45) is 5.92 Å². The summed E-state index contributed by atoms with van der Waals surface area (Å²) in [6.07, 6.45) is 1.49. The van der Waals surface area contributed by atoms with Crippen molar-refractivity contribution in [2.45, 2.75) is 24.7 Å². The number of hydrogen-bond acceptors (Lipinski definition) is 4. The summed E-state index contributed by atoms with van der Waals surface area (Å²) in [6.45, 7) is 2.59. The molecular weight excluding hydrogens is 352 g/mol. The van der Waals surface area contributed by atoms with E-state index < -0.39 is 9.84 Å². The minimum Gasteiger partial charge on any atom is -0.355 e. The molecule has 1 saturated heterocycles. The first-order chi connectivity index (χ1) is 11.3. The van der Waals surface area contributed by atoms with Gasteiger partial charge in [0.25, 0.3) is 0 Å². The van der Waals surface area contributed by atoms with E-state index in [1.165, 1.54) is 31.2 Å². The van der Waals surface area contributed by atoms with Crippen LogP contribution in [0.25, 0.3) is 0 Å². The molecule has 0 spiro atoms. The van der Waals surface area contributed by atoms with E-state index in [0.717, 1.165) is 6.42 Å². The highest BCUT2D eigenvalue weighted by atomic mass is 35.5. The number of carbonyl (C=O) groups is 2. The zero-order valence-electron chi connectivity index (χ0n) is 13.5. The van der Waals surface area contributed by atoms with E-state index in [-0.39, 0.29) is 34.9 Å². The van der Waals surface area contributed by atoms with Gasteiger partial charge in [-0.05, 0) is 37.1 Å². The molecule has 24 heavy (non-hydrogen) atoms. The maximum Gasteiger partial charge on any atom is 0.224 e. The molecule has 1 fully saturated rings. The molecule has 1 aliphatic heterocycles. The molecule has 1 aliphatic rings. The van der Waals surface area contributed by atoms with Crippen LogP contribution in [0.3, 0.4) is 0 Å². The monoisotopic (exact) mass is 372 g/mol. The van der Waals surface area contributed by atoms with Gasteiger partial charge in [0, 0.05) is 31.6 Å². The number of nitrogens with one attached hydrogen (secondary N) is 1. The maximum atomic E-state index is 12.2. The van der Waals surface area contributed by atoms with Gasteiger partial charge in [-0.15, -0.1) is 0 Å². The van der Waals surface area contributed by atoms with Crippen molar-refractivity contribution in [3.8, 4) is 0 Å². The van der Waals surface area contributed by atoms with Gasteiger partial charge >= 0.3 is 0 Å². The van der Waals surface area contributed by atoms with Crippen molar-refractivity contribution in [1.82, 2.24) is 10.2 Å². The summed E-state index contributed by atoms with van der Waals surface area (Å²) in [4.78, 5) is 25.4. The van der Waals surface area contributed by atoms with E-state index >= 15 is 0 Å². The summed E-state index contributed by atoms with van der Waals surface area (Å²) >= 11 is 5.75. The normalized spacial score (nSPS) is 18.2. The summed E-state index contributed by atoms with van der Waals surface area (Å²) in [5.41, 5.74) is 0. The molecule has 0 radical (unpaired) electrons. The third-order valence-corrected chi connectivity index (χ3v) is 6.06. The van der Waals surface area contributed by atoms with Crippen molar-refractivity contribution in [3.05, 3.63) is 29.3 Å². The highest BCUT2D eigenvalue weighted by Gasteiger charge is 2.27. The van der Waals surface area contributed by atoms with E-state index in [2.05, 4.69) is 5.32 Å². The molecule has 8 heteroatoms. The Bertz CT molecular complexity index is 703. The molecule has 0 unspecified atom stereocenters. The molecule has 0 bridgehead atoms. The van der Waals surface area contributed by atoms with Crippen molar-refractivity contribution >= 4 is 33.3 Å². The summed E-state index contributed by atoms with van der Waals surface area (Å²) in [5.74, 6) is -0.699. The van der Waals surface area contributed by atoms with Crippen molar-refractivity contribution < 1.29 is 18.0 Å². The lowest BCUT2D eigenvalue weighted by atomic mass is 9.97. The number of carbonyl (C=O) groups excluding carboxylic acids is 2. The molecule has 2 amide bonds. The zero-order chi connectivity index (χ0) is 17.7. The zero-order valence-corrected chi connectivity index (χ0v) is 15.1. The number of piperidine rings is 1. The van der Waals surface area contributed by atoms with Gasteiger partial charge in [-0.2, -0.15) is 0 Å². The van der Waals surface area contributed by atoms with Crippen LogP contribution >= 0.6 is 11.6 Å². The summed E-state index contributed by atoms with van der Waals surface area (Å²) in [7, 11) is -3.47. The lowest BCUT2D eigenvalue weighted by molar-refractivity contribution is -0.133. The Morgan fingerprint density at radius 3 is 2.58 bits per heavy atom. The lowest BCUT2D eigenvalue weighted by Gasteiger charge is -2.31. The van der Waals surface area contributed by atoms with Crippen LogP contribution in [0.4, 0.5) is 0 Å². The molecule has 0 saturated carbocycles. The minimum absolute atomic E-state index is 0.0420. The van der Waals surface area contributed by atoms with Crippen LogP contribution in [-0.2, 0) is 19.4 Å². The SMILES string of the molecule is CC(=O)N1CCC[C@H](C(=O)NCCS(=O)(=O)c2ccc(Cl)cc2)C1. The predicted octanol–water partition coefficient (Wildman–Crippen LogP) is 1.49. The summed E-state index contributed by atoms with van der Waals surface area (Å²) < 4.78 is 24.4. The van der Waals surface area contributed by atoms with Gasteiger partial charge in [0.1, 0.15) is 0 Å². The predicted molar refractivity (Wildman–Crippen MR) is 91.5 cm³/mol. The first-order valence-electron chi connectivity index (χ1n) is 7.81. The number of halogens is 1. The maximum absolute atomic E-state index is 12.2. The molecule has 1 heterocycles. The van der Waals surface area contributed by atoms with E-state index in [9.17, 15) is 18.0 Å². The lowest BCUT2D eigenvalue weighted by Crippen LogP contribution is -2.45. The number of rotatable bonds is 5. The molecule has 1 atom stereocenters. The number of hydrogen-bond donors (Lipinski definition) is 1. The second-order valence-corrected chi connectivity index (χ2v) is 8.41. The third kappa shape index (κ3) is 4.95. The number of likely N-dealkylation sites (tertiary alicyclic amines) is 1. The molecule has 1 N–H and O–H groups in total. The number of nitrogens with zero attached hydrogens (tertiary/aromatic N) is 1. The molecule has 2 rings (SSSR count). The minimum atomic E-state index is -3.47. The van der Waals surface area contributed by atoms with E-state index in [1.54, 1.807) is 4.90 Å². The highest BCUT2D eigenvalue weighted by molar-refractivity contribution is 7.91.